The average molecular weight is 390 g/mol. The van der Waals surface area contributed by atoms with Crippen LogP contribution in [0.1, 0.15) is 59.8 Å². The number of fused-ring (bicyclic) bond motifs is 1. The van der Waals surface area contributed by atoms with Gasteiger partial charge in [-0.1, -0.05) is 33.8 Å². The molecule has 1 N–H and O–H groups in total. The van der Waals surface area contributed by atoms with Crippen molar-refractivity contribution < 1.29 is 29.0 Å². The molecule has 7 atom stereocenters. The maximum Gasteiger partial charge on any atom is 0.303 e. The number of ketones is 2. The zero-order chi connectivity index (χ0) is 20.6. The van der Waals surface area contributed by atoms with E-state index in [1.807, 2.05) is 6.92 Å². The molecule has 28 heavy (non-hydrogen) atoms. The van der Waals surface area contributed by atoms with Gasteiger partial charge in [0.25, 0.3) is 0 Å². The third-order valence-corrected chi connectivity index (χ3v) is 7.96. The Morgan fingerprint density at radius 3 is 2.54 bits per heavy atom. The van der Waals surface area contributed by atoms with E-state index in [2.05, 4.69) is 20.4 Å². The third kappa shape index (κ3) is 2.50. The number of aliphatic hydroxyl groups excluding tert-OH is 1. The van der Waals surface area contributed by atoms with Crippen LogP contribution in [0.5, 0.6) is 0 Å². The molecule has 0 radical (unpaired) electrons. The summed E-state index contributed by atoms with van der Waals surface area (Å²) < 4.78 is 11.3. The summed E-state index contributed by atoms with van der Waals surface area (Å²) in [6.07, 6.45) is 0.635. The Morgan fingerprint density at radius 1 is 1.21 bits per heavy atom. The Morgan fingerprint density at radius 2 is 1.89 bits per heavy atom. The van der Waals surface area contributed by atoms with Gasteiger partial charge in [-0.05, 0) is 36.2 Å². The summed E-state index contributed by atoms with van der Waals surface area (Å²) in [6.45, 7) is 11.4. The van der Waals surface area contributed by atoms with Gasteiger partial charge in [0.2, 0.25) is 0 Å². The molecule has 154 valence electrons. The quantitative estimate of drug-likeness (QED) is 0.420. The van der Waals surface area contributed by atoms with Crippen LogP contribution in [0.3, 0.4) is 0 Å². The summed E-state index contributed by atoms with van der Waals surface area (Å²) >= 11 is 0. The number of carbonyl (C=O) groups excluding carboxylic acids is 3. The van der Waals surface area contributed by atoms with Crippen molar-refractivity contribution in [1.29, 1.82) is 0 Å². The van der Waals surface area contributed by atoms with Crippen molar-refractivity contribution >= 4 is 17.5 Å². The van der Waals surface area contributed by atoms with Crippen LogP contribution in [0.4, 0.5) is 0 Å². The lowest BCUT2D eigenvalue weighted by atomic mass is 9.52. The third-order valence-electron chi connectivity index (χ3n) is 7.96. The highest BCUT2D eigenvalue weighted by Crippen LogP contribution is 2.61. The second-order valence-electron chi connectivity index (χ2n) is 10.1. The van der Waals surface area contributed by atoms with Gasteiger partial charge in [0, 0.05) is 24.7 Å². The number of rotatable bonds is 1. The van der Waals surface area contributed by atoms with E-state index in [0.29, 0.717) is 18.4 Å². The van der Waals surface area contributed by atoms with E-state index in [4.69, 9.17) is 9.47 Å². The molecule has 0 aromatic carbocycles. The molecule has 1 heterocycles. The van der Waals surface area contributed by atoms with Gasteiger partial charge in [0.15, 0.2) is 23.3 Å². The molecule has 1 saturated heterocycles. The number of epoxide rings is 1. The minimum absolute atomic E-state index is 0.104. The number of hydrogen-bond acceptors (Lipinski definition) is 6. The largest absolute Gasteiger partial charge is 0.454 e. The summed E-state index contributed by atoms with van der Waals surface area (Å²) in [5, 5.41) is 11.1. The molecule has 0 spiro atoms. The topological polar surface area (TPSA) is 93.2 Å². The summed E-state index contributed by atoms with van der Waals surface area (Å²) in [6, 6.07) is 0. The maximum atomic E-state index is 13.7. The summed E-state index contributed by atoms with van der Waals surface area (Å²) in [5.74, 6) is -1.43. The highest BCUT2D eigenvalue weighted by atomic mass is 16.6. The van der Waals surface area contributed by atoms with Crippen molar-refractivity contribution in [3.63, 3.8) is 0 Å². The summed E-state index contributed by atoms with van der Waals surface area (Å²) in [5.41, 5.74) is -1.78. The first kappa shape index (κ1) is 19.8. The molecule has 0 amide bonds. The highest BCUT2D eigenvalue weighted by molar-refractivity contribution is 6.08. The minimum atomic E-state index is -1.22. The zero-order valence-electron chi connectivity index (χ0n) is 17.1. The molecule has 6 nitrogen and oxygen atoms in total. The molecule has 4 aliphatic rings. The predicted octanol–water partition coefficient (Wildman–Crippen LogP) is 2.37. The molecular weight excluding hydrogens is 360 g/mol. The van der Waals surface area contributed by atoms with Gasteiger partial charge < -0.3 is 14.6 Å². The van der Waals surface area contributed by atoms with E-state index in [-0.39, 0.29) is 29.3 Å². The average Bonchev–Trinajstić information content (AvgIpc) is 3.30. The zero-order valence-corrected chi connectivity index (χ0v) is 17.1. The second-order valence-corrected chi connectivity index (χ2v) is 10.1. The summed E-state index contributed by atoms with van der Waals surface area (Å²) in [7, 11) is 0. The van der Waals surface area contributed by atoms with Gasteiger partial charge in [-0.2, -0.15) is 0 Å². The van der Waals surface area contributed by atoms with Crippen LogP contribution in [0.2, 0.25) is 0 Å². The van der Waals surface area contributed by atoms with E-state index < -0.39 is 41.2 Å². The molecule has 1 aliphatic heterocycles. The van der Waals surface area contributed by atoms with E-state index in [1.165, 1.54) is 6.92 Å². The van der Waals surface area contributed by atoms with Gasteiger partial charge in [0.05, 0.1) is 6.10 Å². The minimum Gasteiger partial charge on any atom is -0.454 e. The standard InChI is InChI=1S/C22H30O6/c1-11-13-9-14(27-12(2)23)18(26)21(5)8-6-7-20(3,4)15(21)10-16(24)22(17(11)25)19(13)28-22/h13-16,19,24H,1,6-10H2,2-5H3/t13-,14-,15+,16+,19-,21+,22?/m0/s1. The lowest BCUT2D eigenvalue weighted by Crippen LogP contribution is -2.54. The molecule has 3 aliphatic carbocycles. The Hall–Kier alpha value is -1.53. The molecule has 0 aromatic heterocycles. The number of Topliss-reactive ketones (excluding diaryl/α,β-unsaturated/α-hetero) is 2. The van der Waals surface area contributed by atoms with Gasteiger partial charge in [-0.15, -0.1) is 0 Å². The van der Waals surface area contributed by atoms with Gasteiger partial charge >= 0.3 is 5.97 Å². The van der Waals surface area contributed by atoms with Gasteiger partial charge in [-0.3, -0.25) is 14.4 Å². The Balaban J connectivity index is 1.82. The molecule has 4 rings (SSSR count). The first-order valence-electron chi connectivity index (χ1n) is 10.3. The fourth-order valence-electron chi connectivity index (χ4n) is 6.43. The molecular formula is C22H30O6. The van der Waals surface area contributed by atoms with Crippen molar-refractivity contribution in [3.8, 4) is 0 Å². The van der Waals surface area contributed by atoms with Crippen LogP contribution in [-0.2, 0) is 23.9 Å². The normalized spacial score (nSPS) is 47.2. The van der Waals surface area contributed by atoms with E-state index in [9.17, 15) is 19.5 Å². The Kier molecular flexibility index (Phi) is 4.23. The van der Waals surface area contributed by atoms with Crippen LogP contribution in [0.15, 0.2) is 12.2 Å². The van der Waals surface area contributed by atoms with Crippen LogP contribution in [-0.4, -0.2) is 46.6 Å². The van der Waals surface area contributed by atoms with Crippen LogP contribution >= 0.6 is 0 Å². The number of carbonyl (C=O) groups is 3. The van der Waals surface area contributed by atoms with Crippen LogP contribution < -0.4 is 0 Å². The Bertz CT molecular complexity index is 769. The Labute approximate surface area is 165 Å². The lowest BCUT2D eigenvalue weighted by Gasteiger charge is -2.51. The number of esters is 1. The SMILES string of the molecule is C=C1C(=O)C23O[C@H]2[C@H]1C[C@H](OC(C)=O)C(=O)[C@]1(C)CCCC(C)(C)[C@H]1C[C@H]3O. The van der Waals surface area contributed by atoms with Crippen LogP contribution in [0.25, 0.3) is 0 Å². The smallest absolute Gasteiger partial charge is 0.303 e. The molecule has 2 bridgehead atoms. The van der Waals surface area contributed by atoms with Crippen molar-refractivity contribution in [3.05, 3.63) is 12.2 Å². The molecule has 0 aromatic rings. The molecule has 6 heteroatoms. The molecule has 4 fully saturated rings. The van der Waals surface area contributed by atoms with Gasteiger partial charge in [0.1, 0.15) is 6.10 Å². The number of aliphatic hydroxyl groups is 1. The van der Waals surface area contributed by atoms with Crippen molar-refractivity contribution in [1.82, 2.24) is 0 Å². The first-order chi connectivity index (χ1) is 12.9. The van der Waals surface area contributed by atoms with E-state index >= 15 is 0 Å². The van der Waals surface area contributed by atoms with Crippen molar-refractivity contribution in [2.75, 3.05) is 0 Å². The van der Waals surface area contributed by atoms with Crippen molar-refractivity contribution in [2.24, 2.45) is 22.7 Å². The van der Waals surface area contributed by atoms with Crippen LogP contribution in [0, 0.1) is 22.7 Å². The van der Waals surface area contributed by atoms with Crippen molar-refractivity contribution in [2.45, 2.75) is 83.7 Å². The monoisotopic (exact) mass is 390 g/mol. The fraction of sp³-hybridized carbons (Fsp3) is 0.773. The predicted molar refractivity (Wildman–Crippen MR) is 100 cm³/mol. The fourth-order valence-corrected chi connectivity index (χ4v) is 6.43. The highest BCUT2D eigenvalue weighted by Gasteiger charge is 2.76. The number of ether oxygens (including phenoxy) is 2. The summed E-state index contributed by atoms with van der Waals surface area (Å²) in [4.78, 5) is 38.4. The van der Waals surface area contributed by atoms with E-state index in [1.54, 1.807) is 0 Å². The van der Waals surface area contributed by atoms with Gasteiger partial charge in [-0.25, -0.2) is 0 Å². The second kappa shape index (κ2) is 5.99. The lowest BCUT2D eigenvalue weighted by molar-refractivity contribution is -0.164. The van der Waals surface area contributed by atoms with E-state index in [0.717, 1.165) is 12.8 Å². The first-order valence-corrected chi connectivity index (χ1v) is 10.3. The molecule has 3 saturated carbocycles. The maximum absolute atomic E-state index is 13.7. The number of hydrogen-bond donors (Lipinski definition) is 1. The molecule has 1 unspecified atom stereocenters.